The molecule has 3 heteroatoms. The molecule has 0 bridgehead atoms. The SMILES string of the molecule is CC(C)Cc1ccc(NC(=O)C2CCCN2)cc1. The van der Waals surface area contributed by atoms with Gasteiger partial charge in [-0.15, -0.1) is 0 Å². The maximum Gasteiger partial charge on any atom is 0.241 e. The van der Waals surface area contributed by atoms with E-state index in [1.165, 1.54) is 5.56 Å². The molecule has 0 spiro atoms. The molecule has 98 valence electrons. The molecular formula is C15H22N2O. The van der Waals surface area contributed by atoms with E-state index < -0.39 is 0 Å². The first-order valence-corrected chi connectivity index (χ1v) is 6.78. The first-order chi connectivity index (χ1) is 8.65. The lowest BCUT2D eigenvalue weighted by Crippen LogP contribution is -2.35. The number of nitrogens with one attached hydrogen (secondary N) is 2. The Kier molecular flexibility index (Phi) is 4.37. The summed E-state index contributed by atoms with van der Waals surface area (Å²) in [6, 6.07) is 8.16. The van der Waals surface area contributed by atoms with Crippen LogP contribution in [0.1, 0.15) is 32.3 Å². The van der Waals surface area contributed by atoms with Crippen LogP contribution in [0.3, 0.4) is 0 Å². The summed E-state index contributed by atoms with van der Waals surface area (Å²) in [7, 11) is 0. The zero-order valence-corrected chi connectivity index (χ0v) is 11.2. The minimum Gasteiger partial charge on any atom is -0.325 e. The van der Waals surface area contributed by atoms with Gasteiger partial charge in [0.1, 0.15) is 0 Å². The van der Waals surface area contributed by atoms with E-state index in [-0.39, 0.29) is 11.9 Å². The molecule has 1 saturated heterocycles. The number of benzene rings is 1. The molecule has 1 aromatic rings. The smallest absolute Gasteiger partial charge is 0.241 e. The van der Waals surface area contributed by atoms with Crippen molar-refractivity contribution in [2.24, 2.45) is 5.92 Å². The number of amides is 1. The number of carbonyl (C=O) groups excluding carboxylic acids is 1. The van der Waals surface area contributed by atoms with Crippen molar-refractivity contribution in [2.45, 2.75) is 39.2 Å². The van der Waals surface area contributed by atoms with Crippen LogP contribution >= 0.6 is 0 Å². The molecule has 1 unspecified atom stereocenters. The lowest BCUT2D eigenvalue weighted by Gasteiger charge is -2.12. The van der Waals surface area contributed by atoms with Gasteiger partial charge in [-0.2, -0.15) is 0 Å². The van der Waals surface area contributed by atoms with Gasteiger partial charge in [-0.25, -0.2) is 0 Å². The fraction of sp³-hybridized carbons (Fsp3) is 0.533. The highest BCUT2D eigenvalue weighted by Crippen LogP contribution is 2.14. The highest BCUT2D eigenvalue weighted by Gasteiger charge is 2.21. The second kappa shape index (κ2) is 6.01. The van der Waals surface area contributed by atoms with E-state index in [2.05, 4.69) is 36.6 Å². The van der Waals surface area contributed by atoms with E-state index in [1.54, 1.807) is 0 Å². The van der Waals surface area contributed by atoms with Gasteiger partial charge in [0, 0.05) is 5.69 Å². The second-order valence-electron chi connectivity index (χ2n) is 5.43. The Bertz CT molecular complexity index is 391. The minimum atomic E-state index is -0.0136. The van der Waals surface area contributed by atoms with Crippen LogP contribution in [0.5, 0.6) is 0 Å². The molecule has 2 N–H and O–H groups in total. The third kappa shape index (κ3) is 3.57. The van der Waals surface area contributed by atoms with Crippen molar-refractivity contribution in [1.82, 2.24) is 5.32 Å². The highest BCUT2D eigenvalue weighted by atomic mass is 16.2. The second-order valence-corrected chi connectivity index (χ2v) is 5.43. The largest absolute Gasteiger partial charge is 0.325 e. The monoisotopic (exact) mass is 246 g/mol. The van der Waals surface area contributed by atoms with Gasteiger partial charge in [-0.3, -0.25) is 4.79 Å². The van der Waals surface area contributed by atoms with Crippen LogP contribution in [-0.4, -0.2) is 18.5 Å². The van der Waals surface area contributed by atoms with Gasteiger partial charge in [0.05, 0.1) is 6.04 Å². The topological polar surface area (TPSA) is 41.1 Å². The molecule has 0 saturated carbocycles. The van der Waals surface area contributed by atoms with Crippen LogP contribution in [0, 0.1) is 5.92 Å². The van der Waals surface area contributed by atoms with E-state index >= 15 is 0 Å². The summed E-state index contributed by atoms with van der Waals surface area (Å²) in [4.78, 5) is 11.9. The van der Waals surface area contributed by atoms with Crippen molar-refractivity contribution in [3.63, 3.8) is 0 Å². The summed E-state index contributed by atoms with van der Waals surface area (Å²) in [6.07, 6.45) is 3.11. The highest BCUT2D eigenvalue weighted by molar-refractivity contribution is 5.95. The molecule has 0 aliphatic carbocycles. The summed E-state index contributed by atoms with van der Waals surface area (Å²) in [5, 5.41) is 6.17. The van der Waals surface area contributed by atoms with Gasteiger partial charge in [0.2, 0.25) is 5.91 Å². The van der Waals surface area contributed by atoms with Crippen molar-refractivity contribution in [1.29, 1.82) is 0 Å². The zero-order valence-electron chi connectivity index (χ0n) is 11.2. The third-order valence-electron chi connectivity index (χ3n) is 3.24. The van der Waals surface area contributed by atoms with Crippen LogP contribution in [0.15, 0.2) is 24.3 Å². The summed E-state index contributed by atoms with van der Waals surface area (Å²) < 4.78 is 0. The molecule has 1 fully saturated rings. The van der Waals surface area contributed by atoms with E-state index in [0.717, 1.165) is 31.5 Å². The summed E-state index contributed by atoms with van der Waals surface area (Å²) in [5.41, 5.74) is 2.21. The predicted octanol–water partition coefficient (Wildman–Crippen LogP) is 2.58. The summed E-state index contributed by atoms with van der Waals surface area (Å²) in [5.74, 6) is 0.747. The Morgan fingerprint density at radius 3 is 2.67 bits per heavy atom. The van der Waals surface area contributed by atoms with Crippen LogP contribution in [0.4, 0.5) is 5.69 Å². The molecule has 1 aliphatic rings. The first-order valence-electron chi connectivity index (χ1n) is 6.78. The van der Waals surface area contributed by atoms with Crippen molar-refractivity contribution in [3.8, 4) is 0 Å². The zero-order chi connectivity index (χ0) is 13.0. The molecule has 1 atom stereocenters. The quantitative estimate of drug-likeness (QED) is 0.857. The maximum absolute atomic E-state index is 11.9. The number of anilines is 1. The van der Waals surface area contributed by atoms with Gasteiger partial charge < -0.3 is 10.6 Å². The molecule has 1 aromatic carbocycles. The third-order valence-corrected chi connectivity index (χ3v) is 3.24. The van der Waals surface area contributed by atoms with Gasteiger partial charge in [0.25, 0.3) is 0 Å². The van der Waals surface area contributed by atoms with Gasteiger partial charge in [0.15, 0.2) is 0 Å². The molecule has 18 heavy (non-hydrogen) atoms. The Balaban J connectivity index is 1.91. The van der Waals surface area contributed by atoms with E-state index in [0.29, 0.717) is 5.92 Å². The molecule has 1 heterocycles. The average Bonchev–Trinajstić information content (AvgIpc) is 2.84. The normalized spacial score (nSPS) is 19.2. The maximum atomic E-state index is 11.9. The van der Waals surface area contributed by atoms with Gasteiger partial charge in [-0.1, -0.05) is 26.0 Å². The lowest BCUT2D eigenvalue weighted by molar-refractivity contribution is -0.117. The Morgan fingerprint density at radius 1 is 1.39 bits per heavy atom. The van der Waals surface area contributed by atoms with Crippen LogP contribution in [0.25, 0.3) is 0 Å². The van der Waals surface area contributed by atoms with Gasteiger partial charge >= 0.3 is 0 Å². The van der Waals surface area contributed by atoms with Crippen LogP contribution in [0.2, 0.25) is 0 Å². The number of hydrogen-bond acceptors (Lipinski definition) is 2. The average molecular weight is 246 g/mol. The van der Waals surface area contributed by atoms with Crippen molar-refractivity contribution in [3.05, 3.63) is 29.8 Å². The molecule has 3 nitrogen and oxygen atoms in total. The van der Waals surface area contributed by atoms with Crippen LogP contribution < -0.4 is 10.6 Å². The molecule has 1 aliphatic heterocycles. The molecule has 0 radical (unpaired) electrons. The Morgan fingerprint density at radius 2 is 2.11 bits per heavy atom. The fourth-order valence-corrected chi connectivity index (χ4v) is 2.33. The first kappa shape index (κ1) is 13.1. The minimum absolute atomic E-state index is 0.0136. The summed E-state index contributed by atoms with van der Waals surface area (Å²) in [6.45, 7) is 5.37. The lowest BCUT2D eigenvalue weighted by atomic mass is 10.0. The number of hydrogen-bond donors (Lipinski definition) is 2. The van der Waals surface area contributed by atoms with Crippen molar-refractivity contribution >= 4 is 11.6 Å². The summed E-state index contributed by atoms with van der Waals surface area (Å²) >= 11 is 0. The number of carbonyl (C=O) groups is 1. The van der Waals surface area contributed by atoms with E-state index in [1.807, 2.05) is 12.1 Å². The van der Waals surface area contributed by atoms with Crippen LogP contribution in [-0.2, 0) is 11.2 Å². The molecule has 2 rings (SSSR count). The molecular weight excluding hydrogens is 224 g/mol. The van der Waals surface area contributed by atoms with Gasteiger partial charge in [-0.05, 0) is 49.4 Å². The Labute approximate surface area is 109 Å². The molecule has 0 aromatic heterocycles. The Hall–Kier alpha value is -1.35. The molecule has 1 amide bonds. The standard InChI is InChI=1S/C15H22N2O/c1-11(2)10-12-5-7-13(8-6-12)17-15(18)14-4-3-9-16-14/h5-8,11,14,16H,3-4,9-10H2,1-2H3,(H,17,18). The fourth-order valence-electron chi connectivity index (χ4n) is 2.33. The van der Waals surface area contributed by atoms with Crippen molar-refractivity contribution in [2.75, 3.05) is 11.9 Å². The number of rotatable bonds is 4. The predicted molar refractivity (Wildman–Crippen MR) is 74.6 cm³/mol. The van der Waals surface area contributed by atoms with Crippen molar-refractivity contribution < 1.29 is 4.79 Å². The van der Waals surface area contributed by atoms with E-state index in [4.69, 9.17) is 0 Å². The van der Waals surface area contributed by atoms with E-state index in [9.17, 15) is 4.79 Å².